The van der Waals surface area contributed by atoms with Crippen molar-refractivity contribution in [3.8, 4) is 0 Å². The van der Waals surface area contributed by atoms with Gasteiger partial charge in [-0.3, -0.25) is 9.69 Å². The second kappa shape index (κ2) is 6.15. The quantitative estimate of drug-likeness (QED) is 0.845. The summed E-state index contributed by atoms with van der Waals surface area (Å²) in [4.78, 5) is 16.3. The minimum Gasteiger partial charge on any atom is -0.465 e. The van der Waals surface area contributed by atoms with Crippen LogP contribution >= 0.6 is 0 Å². The number of carbonyl (C=O) groups is 1. The second-order valence-corrected chi connectivity index (χ2v) is 5.73. The number of nitrogens with zero attached hydrogens (tertiary/aromatic N) is 2. The van der Waals surface area contributed by atoms with Crippen molar-refractivity contribution in [2.75, 3.05) is 32.8 Å². The lowest BCUT2D eigenvalue weighted by atomic mass is 10.1. The van der Waals surface area contributed by atoms with Crippen molar-refractivity contribution in [2.45, 2.75) is 32.1 Å². The standard InChI is InChI=1S/C15H21FN2O3/c1-11-2-3-13(21-11)10-18-9-12(16)8-14(18)15(19)17-4-6-20-7-5-17/h2-3,12,14H,4-10H2,1H3/t12-,14+/m1/s1. The molecular weight excluding hydrogens is 275 g/mol. The molecule has 3 rings (SSSR count). The number of aryl methyl sites for hydroxylation is 1. The fraction of sp³-hybridized carbons (Fsp3) is 0.667. The van der Waals surface area contributed by atoms with Crippen molar-refractivity contribution in [3.05, 3.63) is 23.7 Å². The van der Waals surface area contributed by atoms with Crippen LogP contribution in [0.2, 0.25) is 0 Å². The van der Waals surface area contributed by atoms with Gasteiger partial charge in [0.1, 0.15) is 17.7 Å². The molecule has 2 fully saturated rings. The first-order valence-electron chi connectivity index (χ1n) is 7.43. The highest BCUT2D eigenvalue weighted by Gasteiger charge is 2.39. The minimum absolute atomic E-state index is 0.0155. The molecule has 5 nitrogen and oxygen atoms in total. The Hall–Kier alpha value is -1.40. The molecule has 2 aliphatic heterocycles. The fourth-order valence-corrected chi connectivity index (χ4v) is 3.04. The summed E-state index contributed by atoms with van der Waals surface area (Å²) < 4.78 is 24.6. The summed E-state index contributed by atoms with van der Waals surface area (Å²) in [5.41, 5.74) is 0. The van der Waals surface area contributed by atoms with Gasteiger partial charge in [0, 0.05) is 26.1 Å². The third kappa shape index (κ3) is 3.27. The number of rotatable bonds is 3. The van der Waals surface area contributed by atoms with Crippen LogP contribution in [0.5, 0.6) is 0 Å². The lowest BCUT2D eigenvalue weighted by molar-refractivity contribution is -0.140. The summed E-state index contributed by atoms with van der Waals surface area (Å²) in [6, 6.07) is 3.39. The number of morpholine rings is 1. The predicted octanol–water partition coefficient (Wildman–Crippen LogP) is 1.36. The summed E-state index contributed by atoms with van der Waals surface area (Å²) in [5, 5.41) is 0. The maximum Gasteiger partial charge on any atom is 0.240 e. The van der Waals surface area contributed by atoms with Gasteiger partial charge in [0.15, 0.2) is 0 Å². The number of ether oxygens (including phenoxy) is 1. The molecule has 21 heavy (non-hydrogen) atoms. The highest BCUT2D eigenvalue weighted by atomic mass is 19.1. The Labute approximate surface area is 123 Å². The summed E-state index contributed by atoms with van der Waals surface area (Å²) in [6.07, 6.45) is -0.674. The van der Waals surface area contributed by atoms with E-state index in [0.29, 0.717) is 39.4 Å². The van der Waals surface area contributed by atoms with Crippen LogP contribution in [0.15, 0.2) is 16.5 Å². The number of hydrogen-bond acceptors (Lipinski definition) is 4. The van der Waals surface area contributed by atoms with Gasteiger partial charge < -0.3 is 14.1 Å². The summed E-state index contributed by atoms with van der Waals surface area (Å²) in [7, 11) is 0. The molecule has 2 aliphatic rings. The van der Waals surface area contributed by atoms with E-state index in [4.69, 9.17) is 9.15 Å². The summed E-state index contributed by atoms with van der Waals surface area (Å²) >= 11 is 0. The number of carbonyl (C=O) groups excluding carboxylic acids is 1. The molecule has 3 heterocycles. The molecule has 0 saturated carbocycles. The van der Waals surface area contributed by atoms with Crippen LogP contribution in [0.25, 0.3) is 0 Å². The Morgan fingerprint density at radius 3 is 2.81 bits per heavy atom. The van der Waals surface area contributed by atoms with Crippen molar-refractivity contribution in [2.24, 2.45) is 0 Å². The molecule has 1 amide bonds. The van der Waals surface area contributed by atoms with Crippen LogP contribution in [0.4, 0.5) is 4.39 Å². The van der Waals surface area contributed by atoms with E-state index in [1.807, 2.05) is 24.0 Å². The van der Waals surface area contributed by atoms with Crippen LogP contribution in [0.3, 0.4) is 0 Å². The van der Waals surface area contributed by atoms with E-state index in [9.17, 15) is 9.18 Å². The van der Waals surface area contributed by atoms with Gasteiger partial charge in [0.05, 0.1) is 25.8 Å². The number of furan rings is 1. The largest absolute Gasteiger partial charge is 0.465 e. The first kappa shape index (κ1) is 14.5. The molecular formula is C15H21FN2O3. The third-order valence-electron chi connectivity index (χ3n) is 4.12. The van der Waals surface area contributed by atoms with Gasteiger partial charge >= 0.3 is 0 Å². The lowest BCUT2D eigenvalue weighted by Gasteiger charge is -2.32. The van der Waals surface area contributed by atoms with E-state index < -0.39 is 6.17 Å². The highest BCUT2D eigenvalue weighted by Crippen LogP contribution is 2.25. The molecule has 0 radical (unpaired) electrons. The Balaban J connectivity index is 1.68. The van der Waals surface area contributed by atoms with Crippen LogP contribution in [-0.2, 0) is 16.1 Å². The van der Waals surface area contributed by atoms with Gasteiger partial charge in [0.2, 0.25) is 5.91 Å². The summed E-state index contributed by atoms with van der Waals surface area (Å²) in [6.45, 7) is 4.97. The average molecular weight is 296 g/mol. The van der Waals surface area contributed by atoms with Gasteiger partial charge in [0.25, 0.3) is 0 Å². The van der Waals surface area contributed by atoms with Crippen molar-refractivity contribution < 1.29 is 18.3 Å². The van der Waals surface area contributed by atoms with E-state index in [-0.39, 0.29) is 18.4 Å². The van der Waals surface area contributed by atoms with Gasteiger partial charge in [-0.05, 0) is 19.1 Å². The average Bonchev–Trinajstić information content (AvgIpc) is 3.05. The van der Waals surface area contributed by atoms with Crippen molar-refractivity contribution in [1.29, 1.82) is 0 Å². The minimum atomic E-state index is -0.948. The fourth-order valence-electron chi connectivity index (χ4n) is 3.04. The topological polar surface area (TPSA) is 45.9 Å². The zero-order valence-corrected chi connectivity index (χ0v) is 12.3. The van der Waals surface area contributed by atoms with Crippen LogP contribution in [0.1, 0.15) is 17.9 Å². The molecule has 0 aliphatic carbocycles. The highest BCUT2D eigenvalue weighted by molar-refractivity contribution is 5.82. The lowest BCUT2D eigenvalue weighted by Crippen LogP contribution is -2.49. The van der Waals surface area contributed by atoms with E-state index >= 15 is 0 Å². The predicted molar refractivity (Wildman–Crippen MR) is 74.6 cm³/mol. The van der Waals surface area contributed by atoms with Crippen LogP contribution < -0.4 is 0 Å². The van der Waals surface area contributed by atoms with Crippen LogP contribution in [-0.4, -0.2) is 60.8 Å². The third-order valence-corrected chi connectivity index (χ3v) is 4.12. The molecule has 0 bridgehead atoms. The van der Waals surface area contributed by atoms with E-state index in [0.717, 1.165) is 11.5 Å². The molecule has 2 saturated heterocycles. The van der Waals surface area contributed by atoms with Gasteiger partial charge in [-0.15, -0.1) is 0 Å². The smallest absolute Gasteiger partial charge is 0.240 e. The first-order chi connectivity index (χ1) is 10.1. The number of hydrogen-bond donors (Lipinski definition) is 0. The van der Waals surface area contributed by atoms with Gasteiger partial charge in [-0.25, -0.2) is 4.39 Å². The molecule has 0 unspecified atom stereocenters. The molecule has 0 aromatic carbocycles. The van der Waals surface area contributed by atoms with Crippen molar-refractivity contribution >= 4 is 5.91 Å². The Bertz CT molecular complexity index is 499. The molecule has 0 N–H and O–H groups in total. The number of halogens is 1. The Morgan fingerprint density at radius 1 is 1.38 bits per heavy atom. The zero-order chi connectivity index (χ0) is 14.8. The zero-order valence-electron chi connectivity index (χ0n) is 12.3. The normalized spacial score (nSPS) is 27.2. The maximum atomic E-state index is 13.8. The van der Waals surface area contributed by atoms with Gasteiger partial charge in [-0.2, -0.15) is 0 Å². The molecule has 1 aromatic heterocycles. The SMILES string of the molecule is Cc1ccc(CN2C[C@H](F)C[C@H]2C(=O)N2CCOCC2)o1. The Morgan fingerprint density at radius 2 is 2.14 bits per heavy atom. The van der Waals surface area contributed by atoms with Crippen molar-refractivity contribution in [1.82, 2.24) is 9.80 Å². The molecule has 0 spiro atoms. The first-order valence-corrected chi connectivity index (χ1v) is 7.43. The van der Waals surface area contributed by atoms with Crippen LogP contribution in [0, 0.1) is 6.92 Å². The van der Waals surface area contributed by atoms with E-state index in [1.165, 1.54) is 0 Å². The van der Waals surface area contributed by atoms with Gasteiger partial charge in [-0.1, -0.05) is 0 Å². The molecule has 116 valence electrons. The summed E-state index contributed by atoms with van der Waals surface area (Å²) in [5.74, 6) is 1.63. The molecule has 6 heteroatoms. The maximum absolute atomic E-state index is 13.8. The van der Waals surface area contributed by atoms with E-state index in [1.54, 1.807) is 4.90 Å². The molecule has 1 aromatic rings. The van der Waals surface area contributed by atoms with E-state index in [2.05, 4.69) is 0 Å². The number of amides is 1. The number of likely N-dealkylation sites (tertiary alicyclic amines) is 1. The molecule has 2 atom stereocenters. The van der Waals surface area contributed by atoms with Crippen molar-refractivity contribution in [3.63, 3.8) is 0 Å². The number of alkyl halides is 1. The Kier molecular flexibility index (Phi) is 4.26. The second-order valence-electron chi connectivity index (χ2n) is 5.73. The monoisotopic (exact) mass is 296 g/mol.